The highest BCUT2D eigenvalue weighted by Crippen LogP contribution is 2.07. The van der Waals surface area contributed by atoms with Crippen molar-refractivity contribution < 1.29 is 0 Å². The Balaban J connectivity index is 2.82. The summed E-state index contributed by atoms with van der Waals surface area (Å²) in [6.07, 6.45) is 1.81. The summed E-state index contributed by atoms with van der Waals surface area (Å²) < 4.78 is 0. The number of hydrogen-bond acceptors (Lipinski definition) is 1. The summed E-state index contributed by atoms with van der Waals surface area (Å²) >= 11 is 0. The molecule has 0 aromatic heterocycles. The maximum atomic E-state index is 5.36. The Morgan fingerprint density at radius 1 is 1.31 bits per heavy atom. The Morgan fingerprint density at radius 2 is 2.08 bits per heavy atom. The fourth-order valence-electron chi connectivity index (χ4n) is 1.18. The van der Waals surface area contributed by atoms with Crippen molar-refractivity contribution in [2.45, 2.75) is 19.8 Å². The quantitative estimate of drug-likeness (QED) is 0.680. The third kappa shape index (κ3) is 2.93. The lowest BCUT2D eigenvalue weighted by atomic mass is 10.1. The molecule has 0 spiro atoms. The van der Waals surface area contributed by atoms with Crippen molar-refractivity contribution in [1.29, 1.82) is 0 Å². The van der Waals surface area contributed by atoms with E-state index in [9.17, 15) is 0 Å². The molecule has 0 bridgehead atoms. The molecule has 0 aliphatic heterocycles. The molecule has 0 aliphatic rings. The van der Waals surface area contributed by atoms with Crippen LogP contribution < -0.4 is 5.73 Å². The number of rotatable bonds is 2. The molecule has 0 fully saturated rings. The van der Waals surface area contributed by atoms with Gasteiger partial charge in [-0.25, -0.2) is 0 Å². The van der Waals surface area contributed by atoms with Gasteiger partial charge in [-0.1, -0.05) is 37.0 Å². The van der Waals surface area contributed by atoms with Gasteiger partial charge in [0.1, 0.15) is 0 Å². The van der Waals surface area contributed by atoms with E-state index in [2.05, 4.69) is 30.9 Å². The Kier molecular flexibility index (Phi) is 4.08. The second-order valence-corrected chi connectivity index (χ2v) is 2.85. The third-order valence-electron chi connectivity index (χ3n) is 1.89. The molecule has 1 nitrogen and oxygen atoms in total. The summed E-state index contributed by atoms with van der Waals surface area (Å²) in [5.41, 5.74) is 7.81. The molecule has 0 unspecified atom stereocenters. The molecule has 0 heterocycles. The molecule has 1 rings (SSSR count). The van der Waals surface area contributed by atoms with Gasteiger partial charge < -0.3 is 5.73 Å². The second kappa shape index (κ2) is 5.40. The standard InChI is InChI=1S/C12H15N/c1-2-11-7-3-4-8-12(11)9-5-6-10-13/h3-4,7-8H,2,6,10,13H2,1H3. The Bertz CT molecular complexity index is 317. The lowest BCUT2D eigenvalue weighted by Gasteiger charge is -1.98. The summed E-state index contributed by atoms with van der Waals surface area (Å²) in [4.78, 5) is 0. The van der Waals surface area contributed by atoms with Crippen LogP contribution in [-0.2, 0) is 6.42 Å². The number of aryl methyl sites for hydroxylation is 1. The number of hydrogen-bond donors (Lipinski definition) is 1. The molecule has 0 radical (unpaired) electrons. The molecule has 2 N–H and O–H groups in total. The average Bonchev–Trinajstić information content (AvgIpc) is 2.19. The predicted molar refractivity (Wildman–Crippen MR) is 56.4 cm³/mol. The molecular weight excluding hydrogens is 158 g/mol. The first-order chi connectivity index (χ1) is 6.38. The largest absolute Gasteiger partial charge is 0.330 e. The molecule has 0 atom stereocenters. The smallest absolute Gasteiger partial charge is 0.0277 e. The molecule has 13 heavy (non-hydrogen) atoms. The summed E-state index contributed by atoms with van der Waals surface area (Å²) in [5, 5.41) is 0. The number of nitrogens with two attached hydrogens (primary N) is 1. The van der Waals surface area contributed by atoms with E-state index in [1.807, 2.05) is 12.1 Å². The van der Waals surface area contributed by atoms with Gasteiger partial charge in [-0.05, 0) is 18.1 Å². The maximum Gasteiger partial charge on any atom is 0.0277 e. The van der Waals surface area contributed by atoms with Crippen molar-refractivity contribution in [3.05, 3.63) is 35.4 Å². The van der Waals surface area contributed by atoms with Crippen LogP contribution in [0, 0.1) is 11.8 Å². The van der Waals surface area contributed by atoms with Gasteiger partial charge in [-0.15, -0.1) is 0 Å². The first-order valence-corrected chi connectivity index (χ1v) is 4.65. The van der Waals surface area contributed by atoms with Gasteiger partial charge >= 0.3 is 0 Å². The Labute approximate surface area is 80.0 Å². The van der Waals surface area contributed by atoms with Crippen molar-refractivity contribution in [1.82, 2.24) is 0 Å². The summed E-state index contributed by atoms with van der Waals surface area (Å²) in [6, 6.07) is 8.24. The van der Waals surface area contributed by atoms with Gasteiger partial charge in [-0.2, -0.15) is 0 Å². The molecular formula is C12H15N. The normalized spacial score (nSPS) is 9.08. The van der Waals surface area contributed by atoms with Crippen molar-refractivity contribution in [2.75, 3.05) is 6.54 Å². The highest BCUT2D eigenvalue weighted by atomic mass is 14.5. The van der Waals surface area contributed by atoms with E-state index in [0.29, 0.717) is 6.54 Å². The van der Waals surface area contributed by atoms with Crippen molar-refractivity contribution in [3.8, 4) is 11.8 Å². The van der Waals surface area contributed by atoms with Gasteiger partial charge in [0.2, 0.25) is 0 Å². The lowest BCUT2D eigenvalue weighted by molar-refractivity contribution is 1.03. The highest BCUT2D eigenvalue weighted by molar-refractivity contribution is 5.41. The van der Waals surface area contributed by atoms with Gasteiger partial charge in [0.25, 0.3) is 0 Å². The predicted octanol–water partition coefficient (Wildman–Crippen LogP) is 1.95. The van der Waals surface area contributed by atoms with E-state index in [0.717, 1.165) is 18.4 Å². The summed E-state index contributed by atoms with van der Waals surface area (Å²) in [7, 11) is 0. The molecule has 0 amide bonds. The van der Waals surface area contributed by atoms with Crippen LogP contribution in [0.5, 0.6) is 0 Å². The van der Waals surface area contributed by atoms with Crippen LogP contribution >= 0.6 is 0 Å². The zero-order valence-corrected chi connectivity index (χ0v) is 8.01. The fraction of sp³-hybridized carbons (Fsp3) is 0.333. The molecule has 1 heteroatoms. The van der Waals surface area contributed by atoms with Gasteiger partial charge in [0, 0.05) is 18.5 Å². The molecule has 0 saturated heterocycles. The Hall–Kier alpha value is -1.26. The first kappa shape index (κ1) is 9.83. The molecule has 0 saturated carbocycles. The number of benzene rings is 1. The second-order valence-electron chi connectivity index (χ2n) is 2.85. The third-order valence-corrected chi connectivity index (χ3v) is 1.89. The molecule has 1 aromatic carbocycles. The Morgan fingerprint density at radius 3 is 2.77 bits per heavy atom. The monoisotopic (exact) mass is 173 g/mol. The highest BCUT2D eigenvalue weighted by Gasteiger charge is 1.93. The molecule has 0 aliphatic carbocycles. The minimum atomic E-state index is 0.640. The zero-order valence-electron chi connectivity index (χ0n) is 8.01. The molecule has 68 valence electrons. The van der Waals surface area contributed by atoms with Crippen molar-refractivity contribution in [2.24, 2.45) is 5.73 Å². The SMILES string of the molecule is CCc1ccccc1C#CCCN. The fourth-order valence-corrected chi connectivity index (χ4v) is 1.18. The van der Waals surface area contributed by atoms with E-state index in [4.69, 9.17) is 5.73 Å². The van der Waals surface area contributed by atoms with Crippen LogP contribution in [-0.4, -0.2) is 6.54 Å². The maximum absolute atomic E-state index is 5.36. The van der Waals surface area contributed by atoms with Crippen molar-refractivity contribution >= 4 is 0 Å². The van der Waals surface area contributed by atoms with E-state index in [1.165, 1.54) is 5.56 Å². The minimum Gasteiger partial charge on any atom is -0.330 e. The van der Waals surface area contributed by atoms with Crippen LogP contribution in [0.15, 0.2) is 24.3 Å². The average molecular weight is 173 g/mol. The topological polar surface area (TPSA) is 26.0 Å². The van der Waals surface area contributed by atoms with E-state index in [-0.39, 0.29) is 0 Å². The minimum absolute atomic E-state index is 0.640. The van der Waals surface area contributed by atoms with Gasteiger partial charge in [0.15, 0.2) is 0 Å². The van der Waals surface area contributed by atoms with Crippen molar-refractivity contribution in [3.63, 3.8) is 0 Å². The van der Waals surface area contributed by atoms with Crippen LogP contribution in [0.2, 0.25) is 0 Å². The van der Waals surface area contributed by atoms with Crippen LogP contribution in [0.25, 0.3) is 0 Å². The zero-order chi connectivity index (χ0) is 9.52. The molecule has 1 aromatic rings. The van der Waals surface area contributed by atoms with Gasteiger partial charge in [-0.3, -0.25) is 0 Å². The van der Waals surface area contributed by atoms with Gasteiger partial charge in [0.05, 0.1) is 0 Å². The van der Waals surface area contributed by atoms with E-state index >= 15 is 0 Å². The first-order valence-electron chi connectivity index (χ1n) is 4.65. The summed E-state index contributed by atoms with van der Waals surface area (Å²) in [6.45, 7) is 2.78. The summed E-state index contributed by atoms with van der Waals surface area (Å²) in [5.74, 6) is 6.19. The van der Waals surface area contributed by atoms with E-state index in [1.54, 1.807) is 0 Å². The van der Waals surface area contributed by atoms with Crippen LogP contribution in [0.4, 0.5) is 0 Å². The van der Waals surface area contributed by atoms with Crippen LogP contribution in [0.1, 0.15) is 24.5 Å². The van der Waals surface area contributed by atoms with Crippen LogP contribution in [0.3, 0.4) is 0 Å². The van der Waals surface area contributed by atoms with E-state index < -0.39 is 0 Å². The lowest BCUT2D eigenvalue weighted by Crippen LogP contribution is -1.95.